The summed E-state index contributed by atoms with van der Waals surface area (Å²) in [5, 5.41) is 15.2. The van der Waals surface area contributed by atoms with Crippen LogP contribution in [0.25, 0.3) is 0 Å². The highest BCUT2D eigenvalue weighted by Crippen LogP contribution is 2.33. The van der Waals surface area contributed by atoms with Gasteiger partial charge in [-0.1, -0.05) is 30.6 Å². The lowest BCUT2D eigenvalue weighted by atomic mass is 10.0. The molecular formula is C14H21N3O. The first-order valence-electron chi connectivity index (χ1n) is 6.46. The lowest BCUT2D eigenvalue weighted by Crippen LogP contribution is -2.19. The summed E-state index contributed by atoms with van der Waals surface area (Å²) in [6, 6.07) is 6.58. The number of benzene rings is 1. The normalized spacial score (nSPS) is 23.1. The zero-order valence-electron chi connectivity index (χ0n) is 11.0. The van der Waals surface area contributed by atoms with Crippen LogP contribution >= 0.6 is 0 Å². The molecule has 2 rings (SSSR count). The smallest absolute Gasteiger partial charge is 0.170 e. The summed E-state index contributed by atoms with van der Waals surface area (Å²) in [6.07, 6.45) is 2.57. The summed E-state index contributed by atoms with van der Waals surface area (Å²) in [5.74, 6) is 1.02. The van der Waals surface area contributed by atoms with Crippen LogP contribution in [-0.2, 0) is 6.54 Å². The van der Waals surface area contributed by atoms with Gasteiger partial charge in [0.1, 0.15) is 0 Å². The van der Waals surface area contributed by atoms with Gasteiger partial charge in [0.2, 0.25) is 0 Å². The van der Waals surface area contributed by atoms with Crippen molar-refractivity contribution in [2.45, 2.75) is 39.3 Å². The molecular weight excluding hydrogens is 226 g/mol. The highest BCUT2D eigenvalue weighted by Gasteiger charge is 2.34. The monoisotopic (exact) mass is 247 g/mol. The SMILES string of the molecule is CCC1CC1NCc1ccc(/C(N)=N/O)cc1C. The molecule has 2 unspecified atom stereocenters. The van der Waals surface area contributed by atoms with Crippen molar-refractivity contribution >= 4 is 5.84 Å². The van der Waals surface area contributed by atoms with Gasteiger partial charge in [-0.15, -0.1) is 0 Å². The number of hydrogen-bond acceptors (Lipinski definition) is 3. The van der Waals surface area contributed by atoms with Gasteiger partial charge in [0.15, 0.2) is 5.84 Å². The van der Waals surface area contributed by atoms with Crippen LogP contribution in [0.4, 0.5) is 0 Å². The molecule has 18 heavy (non-hydrogen) atoms. The summed E-state index contributed by atoms with van der Waals surface area (Å²) in [5.41, 5.74) is 8.76. The van der Waals surface area contributed by atoms with E-state index in [0.717, 1.165) is 18.0 Å². The highest BCUT2D eigenvalue weighted by atomic mass is 16.4. The van der Waals surface area contributed by atoms with Gasteiger partial charge in [-0.05, 0) is 36.5 Å². The lowest BCUT2D eigenvalue weighted by Gasteiger charge is -2.09. The summed E-state index contributed by atoms with van der Waals surface area (Å²) in [7, 11) is 0. The van der Waals surface area contributed by atoms with Gasteiger partial charge in [0.05, 0.1) is 0 Å². The first-order chi connectivity index (χ1) is 8.65. The molecule has 0 aromatic heterocycles. The van der Waals surface area contributed by atoms with E-state index in [-0.39, 0.29) is 5.84 Å². The Morgan fingerprint density at radius 3 is 2.89 bits per heavy atom. The molecule has 0 spiro atoms. The topological polar surface area (TPSA) is 70.6 Å². The number of nitrogens with one attached hydrogen (secondary N) is 1. The van der Waals surface area contributed by atoms with E-state index in [1.54, 1.807) is 0 Å². The third kappa shape index (κ3) is 2.82. The predicted octanol–water partition coefficient (Wildman–Crippen LogP) is 1.98. The van der Waals surface area contributed by atoms with Crippen LogP contribution in [0.2, 0.25) is 0 Å². The molecule has 4 nitrogen and oxygen atoms in total. The number of amidine groups is 1. The molecule has 1 aromatic carbocycles. The fraction of sp³-hybridized carbons (Fsp3) is 0.500. The fourth-order valence-electron chi connectivity index (χ4n) is 2.30. The van der Waals surface area contributed by atoms with Crippen LogP contribution in [0.5, 0.6) is 0 Å². The molecule has 0 radical (unpaired) electrons. The van der Waals surface area contributed by atoms with Crippen LogP contribution in [0.15, 0.2) is 23.4 Å². The van der Waals surface area contributed by atoms with Gasteiger partial charge in [0.25, 0.3) is 0 Å². The van der Waals surface area contributed by atoms with E-state index < -0.39 is 0 Å². The second kappa shape index (κ2) is 5.40. The maximum Gasteiger partial charge on any atom is 0.170 e. The zero-order valence-corrected chi connectivity index (χ0v) is 11.0. The second-order valence-electron chi connectivity index (χ2n) is 5.02. The molecule has 0 heterocycles. The molecule has 1 saturated carbocycles. The Kier molecular flexibility index (Phi) is 3.87. The third-order valence-corrected chi connectivity index (χ3v) is 3.75. The Morgan fingerprint density at radius 1 is 1.56 bits per heavy atom. The minimum Gasteiger partial charge on any atom is -0.409 e. The Labute approximate surface area is 108 Å². The van der Waals surface area contributed by atoms with E-state index in [1.165, 1.54) is 24.0 Å². The zero-order chi connectivity index (χ0) is 13.1. The molecule has 4 heteroatoms. The van der Waals surface area contributed by atoms with E-state index in [1.807, 2.05) is 18.2 Å². The van der Waals surface area contributed by atoms with Crippen molar-refractivity contribution < 1.29 is 5.21 Å². The van der Waals surface area contributed by atoms with E-state index in [2.05, 4.69) is 24.3 Å². The minimum absolute atomic E-state index is 0.158. The van der Waals surface area contributed by atoms with Gasteiger partial charge in [-0.25, -0.2) is 0 Å². The lowest BCUT2D eigenvalue weighted by molar-refractivity contribution is 0.318. The Bertz CT molecular complexity index is 456. The van der Waals surface area contributed by atoms with Gasteiger partial charge in [0, 0.05) is 18.2 Å². The fourth-order valence-corrected chi connectivity index (χ4v) is 2.30. The number of nitrogens with zero attached hydrogens (tertiary/aromatic N) is 1. The molecule has 2 atom stereocenters. The standard InChI is InChI=1S/C14H21N3O/c1-3-10-7-13(10)16-8-12-5-4-11(6-9(12)2)14(15)17-18/h4-6,10,13,16,18H,3,7-8H2,1-2H3,(H2,15,17). The molecule has 98 valence electrons. The Hall–Kier alpha value is -1.55. The van der Waals surface area contributed by atoms with Crippen LogP contribution in [0.1, 0.15) is 36.5 Å². The van der Waals surface area contributed by atoms with E-state index in [0.29, 0.717) is 6.04 Å². The van der Waals surface area contributed by atoms with Crippen molar-refractivity contribution in [1.29, 1.82) is 0 Å². The van der Waals surface area contributed by atoms with Gasteiger partial charge < -0.3 is 16.3 Å². The summed E-state index contributed by atoms with van der Waals surface area (Å²) < 4.78 is 0. The molecule has 0 bridgehead atoms. The van der Waals surface area contributed by atoms with Crippen molar-refractivity contribution in [1.82, 2.24) is 5.32 Å². The van der Waals surface area contributed by atoms with Gasteiger partial charge in [-0.3, -0.25) is 0 Å². The number of nitrogens with two attached hydrogens (primary N) is 1. The highest BCUT2D eigenvalue weighted by molar-refractivity contribution is 5.97. The van der Waals surface area contributed by atoms with Crippen molar-refractivity contribution in [3.8, 4) is 0 Å². The van der Waals surface area contributed by atoms with E-state index in [4.69, 9.17) is 10.9 Å². The average molecular weight is 247 g/mol. The van der Waals surface area contributed by atoms with Crippen molar-refractivity contribution in [3.63, 3.8) is 0 Å². The predicted molar refractivity (Wildman–Crippen MR) is 72.7 cm³/mol. The summed E-state index contributed by atoms with van der Waals surface area (Å²) in [4.78, 5) is 0. The van der Waals surface area contributed by atoms with Crippen molar-refractivity contribution in [3.05, 3.63) is 34.9 Å². The molecule has 1 aromatic rings. The molecule has 4 N–H and O–H groups in total. The van der Waals surface area contributed by atoms with Crippen molar-refractivity contribution in [2.75, 3.05) is 0 Å². The Morgan fingerprint density at radius 2 is 2.33 bits per heavy atom. The maximum absolute atomic E-state index is 8.64. The first kappa shape index (κ1) is 12.9. The Balaban J connectivity index is 1.97. The second-order valence-corrected chi connectivity index (χ2v) is 5.02. The summed E-state index contributed by atoms with van der Waals surface area (Å²) in [6.45, 7) is 5.18. The quantitative estimate of drug-likeness (QED) is 0.322. The molecule has 0 saturated heterocycles. The average Bonchev–Trinajstić information content (AvgIpc) is 3.15. The molecule has 0 amide bonds. The number of aryl methyl sites for hydroxylation is 1. The van der Waals surface area contributed by atoms with Crippen LogP contribution in [0.3, 0.4) is 0 Å². The largest absolute Gasteiger partial charge is 0.409 e. The van der Waals surface area contributed by atoms with E-state index in [9.17, 15) is 0 Å². The molecule has 1 aliphatic carbocycles. The third-order valence-electron chi connectivity index (χ3n) is 3.75. The van der Waals surface area contributed by atoms with Crippen molar-refractivity contribution in [2.24, 2.45) is 16.8 Å². The number of rotatable bonds is 5. The molecule has 1 aliphatic rings. The van der Waals surface area contributed by atoms with Crippen LogP contribution < -0.4 is 11.1 Å². The van der Waals surface area contributed by atoms with Crippen LogP contribution in [-0.4, -0.2) is 17.1 Å². The molecule has 1 fully saturated rings. The minimum atomic E-state index is 0.158. The summed E-state index contributed by atoms with van der Waals surface area (Å²) >= 11 is 0. The van der Waals surface area contributed by atoms with E-state index >= 15 is 0 Å². The van der Waals surface area contributed by atoms with Gasteiger partial charge >= 0.3 is 0 Å². The number of oxime groups is 1. The number of hydrogen-bond donors (Lipinski definition) is 3. The molecule has 0 aliphatic heterocycles. The van der Waals surface area contributed by atoms with Crippen LogP contribution in [0, 0.1) is 12.8 Å². The first-order valence-corrected chi connectivity index (χ1v) is 6.46. The maximum atomic E-state index is 8.64. The van der Waals surface area contributed by atoms with Gasteiger partial charge in [-0.2, -0.15) is 0 Å².